The number of carbonyl (C=O) groups is 2. The van der Waals surface area contributed by atoms with Gasteiger partial charge < -0.3 is 15.1 Å². The van der Waals surface area contributed by atoms with E-state index in [0.717, 1.165) is 12.8 Å². The Bertz CT molecular complexity index is 692. The van der Waals surface area contributed by atoms with Crippen molar-refractivity contribution in [2.24, 2.45) is 0 Å². The fourth-order valence-electron chi connectivity index (χ4n) is 1.90. The van der Waals surface area contributed by atoms with Crippen LogP contribution in [-0.4, -0.2) is 17.9 Å². The molecule has 108 valence electrons. The Morgan fingerprint density at radius 1 is 1.10 bits per heavy atom. The van der Waals surface area contributed by atoms with Crippen LogP contribution in [0, 0.1) is 0 Å². The van der Waals surface area contributed by atoms with Crippen molar-refractivity contribution in [2.45, 2.75) is 18.9 Å². The maximum atomic E-state index is 12.1. The molecule has 2 aromatic rings. The van der Waals surface area contributed by atoms with Crippen LogP contribution in [0.2, 0.25) is 0 Å². The lowest BCUT2D eigenvalue weighted by atomic mass is 10.1. The summed E-state index contributed by atoms with van der Waals surface area (Å²) in [7, 11) is 0. The standard InChI is InChI=1S/C15H13BrN2O3/c16-13-8-7-12(21-13)15(20)18-11-4-2-1-3-10(11)14(19)17-9-5-6-9/h1-4,7-9H,5-6H2,(H,17,19)(H,18,20). The smallest absolute Gasteiger partial charge is 0.291 e. The van der Waals surface area contributed by atoms with Gasteiger partial charge in [-0.1, -0.05) is 12.1 Å². The zero-order valence-corrected chi connectivity index (χ0v) is 12.6. The van der Waals surface area contributed by atoms with Crippen LogP contribution in [0.5, 0.6) is 0 Å². The van der Waals surface area contributed by atoms with Crippen molar-refractivity contribution < 1.29 is 14.0 Å². The molecule has 1 aliphatic rings. The van der Waals surface area contributed by atoms with Gasteiger partial charge in [-0.05, 0) is 53.0 Å². The Morgan fingerprint density at radius 3 is 2.52 bits per heavy atom. The summed E-state index contributed by atoms with van der Waals surface area (Å²) in [5, 5.41) is 5.61. The van der Waals surface area contributed by atoms with Crippen LogP contribution >= 0.6 is 15.9 Å². The van der Waals surface area contributed by atoms with Crippen LogP contribution < -0.4 is 10.6 Å². The van der Waals surface area contributed by atoms with Crippen molar-refractivity contribution in [2.75, 3.05) is 5.32 Å². The molecule has 1 fully saturated rings. The Balaban J connectivity index is 1.78. The van der Waals surface area contributed by atoms with Gasteiger partial charge in [-0.15, -0.1) is 0 Å². The molecule has 21 heavy (non-hydrogen) atoms. The molecule has 0 unspecified atom stereocenters. The SMILES string of the molecule is O=C(Nc1ccccc1C(=O)NC1CC1)c1ccc(Br)o1. The molecule has 0 radical (unpaired) electrons. The number of nitrogens with one attached hydrogen (secondary N) is 2. The number of hydrogen-bond acceptors (Lipinski definition) is 3. The molecule has 0 bridgehead atoms. The summed E-state index contributed by atoms with van der Waals surface area (Å²) in [6.45, 7) is 0. The molecule has 0 saturated heterocycles. The van der Waals surface area contributed by atoms with Gasteiger partial charge >= 0.3 is 0 Å². The highest BCUT2D eigenvalue weighted by atomic mass is 79.9. The number of furan rings is 1. The minimum atomic E-state index is -0.396. The van der Waals surface area contributed by atoms with E-state index in [0.29, 0.717) is 15.9 Å². The Labute approximate surface area is 129 Å². The Morgan fingerprint density at radius 2 is 1.86 bits per heavy atom. The average molecular weight is 349 g/mol. The van der Waals surface area contributed by atoms with Crippen LogP contribution in [0.1, 0.15) is 33.8 Å². The first-order valence-electron chi connectivity index (χ1n) is 6.60. The molecule has 1 aromatic carbocycles. The lowest BCUT2D eigenvalue weighted by molar-refractivity contribution is 0.0952. The van der Waals surface area contributed by atoms with Crippen LogP contribution in [0.15, 0.2) is 45.5 Å². The predicted octanol–water partition coefficient (Wildman–Crippen LogP) is 3.19. The second-order valence-electron chi connectivity index (χ2n) is 4.85. The van der Waals surface area contributed by atoms with Gasteiger partial charge in [-0.25, -0.2) is 0 Å². The third-order valence-electron chi connectivity index (χ3n) is 3.13. The van der Waals surface area contributed by atoms with E-state index in [4.69, 9.17) is 4.42 Å². The van der Waals surface area contributed by atoms with Crippen LogP contribution in [0.3, 0.4) is 0 Å². The van der Waals surface area contributed by atoms with E-state index in [1.165, 1.54) is 0 Å². The normalized spacial score (nSPS) is 13.8. The Kier molecular flexibility index (Phi) is 3.79. The molecule has 2 N–H and O–H groups in total. The molecule has 0 spiro atoms. The number of halogens is 1. The maximum absolute atomic E-state index is 12.1. The van der Waals surface area contributed by atoms with Gasteiger partial charge in [0.25, 0.3) is 11.8 Å². The summed E-state index contributed by atoms with van der Waals surface area (Å²) in [5.41, 5.74) is 0.913. The van der Waals surface area contributed by atoms with E-state index in [-0.39, 0.29) is 17.7 Å². The summed E-state index contributed by atoms with van der Waals surface area (Å²) < 4.78 is 5.68. The van der Waals surface area contributed by atoms with Gasteiger partial charge in [-0.2, -0.15) is 0 Å². The minimum absolute atomic E-state index is 0.172. The molecule has 2 amide bonds. The number of benzene rings is 1. The van der Waals surface area contributed by atoms with Crippen molar-refractivity contribution in [3.05, 3.63) is 52.4 Å². The summed E-state index contributed by atoms with van der Waals surface area (Å²) in [5.74, 6) is -0.388. The van der Waals surface area contributed by atoms with Crippen molar-refractivity contribution >= 4 is 33.4 Å². The predicted molar refractivity (Wildman–Crippen MR) is 81.3 cm³/mol. The number of rotatable bonds is 4. The first-order chi connectivity index (χ1) is 10.1. The second-order valence-corrected chi connectivity index (χ2v) is 5.63. The van der Waals surface area contributed by atoms with E-state index in [1.54, 1.807) is 36.4 Å². The Hall–Kier alpha value is -2.08. The molecular weight excluding hydrogens is 336 g/mol. The second kappa shape index (κ2) is 5.73. The van der Waals surface area contributed by atoms with Crippen molar-refractivity contribution in [1.29, 1.82) is 0 Å². The molecule has 6 heteroatoms. The first kappa shape index (κ1) is 13.9. The molecule has 0 aliphatic heterocycles. The van der Waals surface area contributed by atoms with Crippen LogP contribution in [0.25, 0.3) is 0 Å². The van der Waals surface area contributed by atoms with Gasteiger partial charge in [-0.3, -0.25) is 9.59 Å². The molecule has 1 aliphatic carbocycles. The number of hydrogen-bond donors (Lipinski definition) is 2. The molecular formula is C15H13BrN2O3. The van der Waals surface area contributed by atoms with Gasteiger partial charge in [0, 0.05) is 6.04 Å². The average Bonchev–Trinajstić information content (AvgIpc) is 3.17. The van der Waals surface area contributed by atoms with E-state index in [9.17, 15) is 9.59 Å². The first-order valence-corrected chi connectivity index (χ1v) is 7.39. The van der Waals surface area contributed by atoms with Gasteiger partial charge in [0.1, 0.15) is 0 Å². The van der Waals surface area contributed by atoms with Crippen LogP contribution in [0.4, 0.5) is 5.69 Å². The van der Waals surface area contributed by atoms with E-state index in [2.05, 4.69) is 26.6 Å². The molecule has 5 nitrogen and oxygen atoms in total. The van der Waals surface area contributed by atoms with Crippen molar-refractivity contribution in [3.63, 3.8) is 0 Å². The third kappa shape index (κ3) is 3.33. The third-order valence-corrected chi connectivity index (χ3v) is 3.56. The van der Waals surface area contributed by atoms with E-state index >= 15 is 0 Å². The zero-order chi connectivity index (χ0) is 14.8. The highest BCUT2D eigenvalue weighted by molar-refractivity contribution is 9.10. The highest BCUT2D eigenvalue weighted by Crippen LogP contribution is 2.22. The van der Waals surface area contributed by atoms with Crippen LogP contribution in [-0.2, 0) is 0 Å². The van der Waals surface area contributed by atoms with Crippen molar-refractivity contribution in [3.8, 4) is 0 Å². The van der Waals surface area contributed by atoms with E-state index < -0.39 is 5.91 Å². The molecule has 1 aromatic heterocycles. The monoisotopic (exact) mass is 348 g/mol. The number of anilines is 1. The number of amides is 2. The quantitative estimate of drug-likeness (QED) is 0.891. The number of para-hydroxylation sites is 1. The maximum Gasteiger partial charge on any atom is 0.291 e. The lowest BCUT2D eigenvalue weighted by Crippen LogP contribution is -2.26. The minimum Gasteiger partial charge on any atom is -0.444 e. The molecule has 3 rings (SSSR count). The summed E-state index contributed by atoms with van der Waals surface area (Å²) in [6, 6.07) is 10.4. The lowest BCUT2D eigenvalue weighted by Gasteiger charge is -2.10. The van der Waals surface area contributed by atoms with Gasteiger partial charge in [0.15, 0.2) is 10.4 Å². The highest BCUT2D eigenvalue weighted by Gasteiger charge is 2.25. The topological polar surface area (TPSA) is 71.3 Å². The fraction of sp³-hybridized carbons (Fsp3) is 0.200. The summed E-state index contributed by atoms with van der Waals surface area (Å²) in [4.78, 5) is 24.2. The molecule has 0 atom stereocenters. The number of carbonyl (C=O) groups excluding carboxylic acids is 2. The molecule has 1 saturated carbocycles. The largest absolute Gasteiger partial charge is 0.444 e. The van der Waals surface area contributed by atoms with E-state index in [1.807, 2.05) is 0 Å². The summed E-state index contributed by atoms with van der Waals surface area (Å²) in [6.07, 6.45) is 2.03. The molecule has 1 heterocycles. The van der Waals surface area contributed by atoms with Gasteiger partial charge in [0.05, 0.1) is 11.3 Å². The van der Waals surface area contributed by atoms with Crippen molar-refractivity contribution in [1.82, 2.24) is 5.32 Å². The summed E-state index contributed by atoms with van der Waals surface area (Å²) >= 11 is 3.15. The zero-order valence-electron chi connectivity index (χ0n) is 11.1. The van der Waals surface area contributed by atoms with Gasteiger partial charge in [0.2, 0.25) is 0 Å². The fourth-order valence-corrected chi connectivity index (χ4v) is 2.21.